The minimum atomic E-state index is -0.622. The first-order valence-corrected chi connectivity index (χ1v) is 8.20. The zero-order valence-corrected chi connectivity index (χ0v) is 14.7. The molecule has 6 nitrogen and oxygen atoms in total. The van der Waals surface area contributed by atoms with Crippen LogP contribution in [0.3, 0.4) is 0 Å². The summed E-state index contributed by atoms with van der Waals surface area (Å²) in [5, 5.41) is 2.39. The number of carbonyl (C=O) groups excluding carboxylic acids is 2. The maximum atomic E-state index is 14.3. The van der Waals surface area contributed by atoms with Gasteiger partial charge in [0.05, 0.1) is 16.9 Å². The van der Waals surface area contributed by atoms with Crippen LogP contribution in [-0.2, 0) is 4.79 Å². The molecule has 2 amide bonds. The summed E-state index contributed by atoms with van der Waals surface area (Å²) in [5.41, 5.74) is 0.586. The van der Waals surface area contributed by atoms with Crippen molar-refractivity contribution in [3.63, 3.8) is 0 Å². The molecule has 1 aromatic heterocycles. The molecule has 0 radical (unpaired) electrons. The average Bonchev–Trinajstić information content (AvgIpc) is 2.57. The standard InChI is InChI=1S/C16H13BrF2N4O2/c1-8-6-23(7-12(24)22-16-20-4-9(18)5-21-16)15(25)10-2-3-11(17)14(19)13(8)10/h2-5,8H,6-7H2,1H3,(H,20,21,22,24)/t8-/m0/s1. The lowest BCUT2D eigenvalue weighted by atomic mass is 9.90. The van der Waals surface area contributed by atoms with Gasteiger partial charge in [-0.1, -0.05) is 6.92 Å². The van der Waals surface area contributed by atoms with Gasteiger partial charge in [-0.05, 0) is 28.1 Å². The lowest BCUT2D eigenvalue weighted by molar-refractivity contribution is -0.117. The third kappa shape index (κ3) is 3.51. The number of nitrogens with one attached hydrogen (secondary N) is 1. The number of nitrogens with zero attached hydrogens (tertiary/aromatic N) is 3. The topological polar surface area (TPSA) is 75.2 Å². The van der Waals surface area contributed by atoms with Gasteiger partial charge < -0.3 is 4.90 Å². The first kappa shape index (κ1) is 17.4. The fourth-order valence-corrected chi connectivity index (χ4v) is 3.11. The van der Waals surface area contributed by atoms with Gasteiger partial charge in [0.2, 0.25) is 11.9 Å². The second-order valence-electron chi connectivity index (χ2n) is 5.68. The number of amides is 2. The van der Waals surface area contributed by atoms with Crippen molar-refractivity contribution in [1.82, 2.24) is 14.9 Å². The molecule has 0 spiro atoms. The summed E-state index contributed by atoms with van der Waals surface area (Å²) in [4.78, 5) is 33.2. The summed E-state index contributed by atoms with van der Waals surface area (Å²) in [5.74, 6) is -2.34. The first-order valence-electron chi connectivity index (χ1n) is 7.41. The predicted molar refractivity (Wildman–Crippen MR) is 89.0 cm³/mol. The van der Waals surface area contributed by atoms with Gasteiger partial charge in [0, 0.05) is 23.6 Å². The molecule has 0 bridgehead atoms. The van der Waals surface area contributed by atoms with Crippen molar-refractivity contribution >= 4 is 33.7 Å². The van der Waals surface area contributed by atoms with Crippen LogP contribution in [0.2, 0.25) is 0 Å². The molecule has 0 aliphatic carbocycles. The van der Waals surface area contributed by atoms with E-state index in [0.29, 0.717) is 10.0 Å². The van der Waals surface area contributed by atoms with Crippen molar-refractivity contribution in [2.24, 2.45) is 0 Å². The van der Waals surface area contributed by atoms with Gasteiger partial charge in [-0.3, -0.25) is 14.9 Å². The van der Waals surface area contributed by atoms with Crippen molar-refractivity contribution in [2.75, 3.05) is 18.4 Å². The van der Waals surface area contributed by atoms with E-state index in [2.05, 4.69) is 31.2 Å². The van der Waals surface area contributed by atoms with Crippen LogP contribution in [0.25, 0.3) is 0 Å². The third-order valence-electron chi connectivity index (χ3n) is 3.84. The smallest absolute Gasteiger partial charge is 0.254 e. The van der Waals surface area contributed by atoms with E-state index in [-0.39, 0.29) is 30.5 Å². The van der Waals surface area contributed by atoms with Crippen LogP contribution in [0.1, 0.15) is 28.8 Å². The van der Waals surface area contributed by atoms with Crippen molar-refractivity contribution in [2.45, 2.75) is 12.8 Å². The quantitative estimate of drug-likeness (QED) is 0.843. The van der Waals surface area contributed by atoms with E-state index in [4.69, 9.17) is 0 Å². The Morgan fingerprint density at radius 3 is 2.72 bits per heavy atom. The number of benzene rings is 1. The van der Waals surface area contributed by atoms with Crippen LogP contribution in [0.5, 0.6) is 0 Å². The van der Waals surface area contributed by atoms with Gasteiger partial charge in [-0.2, -0.15) is 0 Å². The molecule has 0 unspecified atom stereocenters. The zero-order valence-electron chi connectivity index (χ0n) is 13.1. The molecule has 130 valence electrons. The summed E-state index contributed by atoms with van der Waals surface area (Å²) in [6, 6.07) is 3.00. The lowest BCUT2D eigenvalue weighted by Crippen LogP contribution is -2.44. The predicted octanol–water partition coefficient (Wildman–Crippen LogP) is 2.72. The fraction of sp³-hybridized carbons (Fsp3) is 0.250. The van der Waals surface area contributed by atoms with Crippen LogP contribution in [0.4, 0.5) is 14.7 Å². The second-order valence-corrected chi connectivity index (χ2v) is 6.54. The highest BCUT2D eigenvalue weighted by Gasteiger charge is 2.33. The number of hydrogen-bond acceptors (Lipinski definition) is 4. The minimum absolute atomic E-state index is 0.0562. The van der Waals surface area contributed by atoms with Gasteiger partial charge in [-0.25, -0.2) is 18.7 Å². The molecule has 2 heterocycles. The Morgan fingerprint density at radius 1 is 1.36 bits per heavy atom. The highest BCUT2D eigenvalue weighted by Crippen LogP contribution is 2.33. The Kier molecular flexibility index (Phi) is 4.76. The number of carbonyl (C=O) groups is 2. The molecule has 0 fully saturated rings. The van der Waals surface area contributed by atoms with E-state index in [1.807, 2.05) is 0 Å². The summed E-state index contributed by atoms with van der Waals surface area (Å²) in [6.45, 7) is 1.76. The van der Waals surface area contributed by atoms with E-state index in [1.54, 1.807) is 6.92 Å². The van der Waals surface area contributed by atoms with Gasteiger partial charge in [0.15, 0.2) is 5.82 Å². The molecule has 1 aliphatic heterocycles. The van der Waals surface area contributed by atoms with Gasteiger partial charge in [-0.15, -0.1) is 0 Å². The van der Waals surface area contributed by atoms with E-state index in [1.165, 1.54) is 17.0 Å². The largest absolute Gasteiger partial charge is 0.329 e. The van der Waals surface area contributed by atoms with E-state index in [0.717, 1.165) is 12.4 Å². The Hall–Kier alpha value is -2.42. The van der Waals surface area contributed by atoms with E-state index < -0.39 is 23.4 Å². The van der Waals surface area contributed by atoms with Crippen LogP contribution in [0, 0.1) is 11.6 Å². The molecule has 9 heteroatoms. The number of hydrogen-bond donors (Lipinski definition) is 1. The zero-order chi connectivity index (χ0) is 18.1. The number of anilines is 1. The van der Waals surface area contributed by atoms with Crippen molar-refractivity contribution in [3.8, 4) is 0 Å². The molecule has 1 aromatic carbocycles. The number of rotatable bonds is 3. The number of fused-ring (bicyclic) bond motifs is 1. The Bertz CT molecular complexity index is 845. The molecule has 2 aromatic rings. The van der Waals surface area contributed by atoms with Crippen LogP contribution in [-0.4, -0.2) is 39.8 Å². The average molecular weight is 411 g/mol. The van der Waals surface area contributed by atoms with E-state index >= 15 is 0 Å². The third-order valence-corrected chi connectivity index (χ3v) is 4.46. The maximum absolute atomic E-state index is 14.3. The molecule has 25 heavy (non-hydrogen) atoms. The SMILES string of the molecule is C[C@H]1CN(CC(=O)Nc2ncc(F)cn2)C(=O)c2ccc(Br)c(F)c21. The first-order chi connectivity index (χ1) is 11.9. The number of halogens is 3. The van der Waals surface area contributed by atoms with Gasteiger partial charge >= 0.3 is 0 Å². The summed E-state index contributed by atoms with van der Waals surface area (Å²) in [7, 11) is 0. The molecular formula is C16H13BrF2N4O2. The monoisotopic (exact) mass is 410 g/mol. The van der Waals surface area contributed by atoms with Crippen molar-refractivity contribution in [3.05, 3.63) is 51.8 Å². The molecule has 0 saturated heterocycles. The summed E-state index contributed by atoms with van der Waals surface area (Å²) >= 11 is 3.11. The van der Waals surface area contributed by atoms with Gasteiger partial charge in [0.25, 0.3) is 5.91 Å². The molecule has 0 saturated carbocycles. The molecule has 3 rings (SSSR count). The Balaban J connectivity index is 1.75. The summed E-state index contributed by atoms with van der Waals surface area (Å²) in [6.07, 6.45) is 1.85. The number of aromatic nitrogens is 2. The molecule has 1 N–H and O–H groups in total. The van der Waals surface area contributed by atoms with Crippen molar-refractivity contribution < 1.29 is 18.4 Å². The second kappa shape index (κ2) is 6.83. The normalized spacial score (nSPS) is 16.6. The minimum Gasteiger partial charge on any atom is -0.329 e. The van der Waals surface area contributed by atoms with Crippen LogP contribution >= 0.6 is 15.9 Å². The molecule has 1 atom stereocenters. The van der Waals surface area contributed by atoms with Crippen molar-refractivity contribution in [1.29, 1.82) is 0 Å². The Morgan fingerprint density at radius 2 is 2.04 bits per heavy atom. The Labute approximate surface area is 150 Å². The van der Waals surface area contributed by atoms with Crippen LogP contribution in [0.15, 0.2) is 29.0 Å². The lowest BCUT2D eigenvalue weighted by Gasteiger charge is -2.32. The summed E-state index contributed by atoms with van der Waals surface area (Å²) < 4.78 is 27.3. The highest BCUT2D eigenvalue weighted by molar-refractivity contribution is 9.10. The molecular weight excluding hydrogens is 398 g/mol. The van der Waals surface area contributed by atoms with Gasteiger partial charge in [0.1, 0.15) is 12.4 Å². The van der Waals surface area contributed by atoms with E-state index in [9.17, 15) is 18.4 Å². The maximum Gasteiger partial charge on any atom is 0.254 e. The fourth-order valence-electron chi connectivity index (χ4n) is 2.76. The van der Waals surface area contributed by atoms with Crippen LogP contribution < -0.4 is 5.32 Å². The highest BCUT2D eigenvalue weighted by atomic mass is 79.9. The molecule has 1 aliphatic rings.